The van der Waals surface area contributed by atoms with E-state index in [1.54, 1.807) is 6.92 Å². The van der Waals surface area contributed by atoms with Gasteiger partial charge in [0, 0.05) is 0 Å². The lowest BCUT2D eigenvalue weighted by Gasteiger charge is -2.31. The van der Waals surface area contributed by atoms with Crippen molar-refractivity contribution in [3.8, 4) is 6.01 Å². The number of ether oxygens (including phenoxy) is 1. The summed E-state index contributed by atoms with van der Waals surface area (Å²) in [6.45, 7) is 3.99. The lowest BCUT2D eigenvalue weighted by Crippen LogP contribution is -2.57. The molecule has 0 bridgehead atoms. The number of amides is 2. The quantitative estimate of drug-likeness (QED) is 0.347. The molecule has 21 heavy (non-hydrogen) atoms. The summed E-state index contributed by atoms with van der Waals surface area (Å²) in [6, 6.07) is -0.504. The number of carbonyl (C=O) groups is 2. The number of piperazine rings is 1. The van der Waals surface area contributed by atoms with Crippen LogP contribution < -0.4 is 26.2 Å². The van der Waals surface area contributed by atoms with E-state index in [1.807, 2.05) is 6.92 Å². The van der Waals surface area contributed by atoms with Crippen molar-refractivity contribution < 1.29 is 14.3 Å². The molecule has 0 aliphatic carbocycles. The fourth-order valence-electron chi connectivity index (χ4n) is 1.76. The van der Waals surface area contributed by atoms with Gasteiger partial charge in [0.25, 0.3) is 0 Å². The van der Waals surface area contributed by atoms with Gasteiger partial charge in [-0.05, 0) is 13.3 Å². The molecule has 114 valence electrons. The lowest BCUT2D eigenvalue weighted by molar-refractivity contribution is -0.132. The molecule has 0 spiro atoms. The van der Waals surface area contributed by atoms with Crippen molar-refractivity contribution in [2.75, 3.05) is 23.5 Å². The van der Waals surface area contributed by atoms with E-state index in [0.29, 0.717) is 6.61 Å². The van der Waals surface area contributed by atoms with Crippen molar-refractivity contribution in [3.63, 3.8) is 0 Å². The van der Waals surface area contributed by atoms with E-state index in [0.717, 1.165) is 6.42 Å². The standard InChI is InChI=1S/C11H17N7O3/c1-3-4-21-11-15-9(17-12)14-10(16-11)18-5-7(19)13-8(20)6(18)2/h6H,3-5,12H2,1-2H3,(H,13,19,20)(H,14,15,16,17). The number of carbonyl (C=O) groups excluding carboxylic acids is 2. The van der Waals surface area contributed by atoms with Crippen LogP contribution in [0.1, 0.15) is 20.3 Å². The number of nitrogen functional groups attached to an aromatic ring is 1. The van der Waals surface area contributed by atoms with Gasteiger partial charge in [-0.3, -0.25) is 20.3 Å². The molecular weight excluding hydrogens is 278 g/mol. The highest BCUT2D eigenvalue weighted by atomic mass is 16.5. The van der Waals surface area contributed by atoms with Crippen LogP contribution in [0.15, 0.2) is 0 Å². The van der Waals surface area contributed by atoms with Crippen LogP contribution in [0.2, 0.25) is 0 Å². The first-order valence-electron chi connectivity index (χ1n) is 6.51. The van der Waals surface area contributed by atoms with Crippen molar-refractivity contribution in [2.45, 2.75) is 26.3 Å². The third-order valence-corrected chi connectivity index (χ3v) is 2.85. The minimum atomic E-state index is -0.588. The molecule has 2 amide bonds. The maximum atomic E-state index is 11.7. The Balaban J connectivity index is 2.32. The molecule has 1 unspecified atom stereocenters. The van der Waals surface area contributed by atoms with E-state index in [4.69, 9.17) is 10.6 Å². The molecule has 2 heterocycles. The molecule has 0 saturated carbocycles. The zero-order chi connectivity index (χ0) is 15.4. The molecule has 0 aromatic carbocycles. The van der Waals surface area contributed by atoms with Crippen molar-refractivity contribution in [1.82, 2.24) is 20.3 Å². The third kappa shape index (κ3) is 3.34. The van der Waals surface area contributed by atoms with Gasteiger partial charge < -0.3 is 9.64 Å². The summed E-state index contributed by atoms with van der Waals surface area (Å²) in [5.41, 5.74) is 2.31. The maximum absolute atomic E-state index is 11.7. The summed E-state index contributed by atoms with van der Waals surface area (Å²) in [6.07, 6.45) is 0.785. The van der Waals surface area contributed by atoms with E-state index in [-0.39, 0.29) is 24.5 Å². The average Bonchev–Trinajstić information content (AvgIpc) is 2.48. The van der Waals surface area contributed by atoms with Gasteiger partial charge in [-0.1, -0.05) is 6.92 Å². The van der Waals surface area contributed by atoms with Crippen LogP contribution in [0.25, 0.3) is 0 Å². The fourth-order valence-corrected chi connectivity index (χ4v) is 1.76. The van der Waals surface area contributed by atoms with E-state index >= 15 is 0 Å². The molecule has 1 fully saturated rings. The Kier molecular flexibility index (Phi) is 4.48. The highest BCUT2D eigenvalue weighted by molar-refractivity contribution is 6.04. The maximum Gasteiger partial charge on any atom is 0.323 e. The normalized spacial score (nSPS) is 18.4. The number of nitrogens with one attached hydrogen (secondary N) is 2. The highest BCUT2D eigenvalue weighted by Gasteiger charge is 2.32. The van der Waals surface area contributed by atoms with Gasteiger partial charge in [0.1, 0.15) is 12.6 Å². The molecule has 1 atom stereocenters. The van der Waals surface area contributed by atoms with Crippen molar-refractivity contribution in [2.24, 2.45) is 5.84 Å². The first kappa shape index (κ1) is 14.9. The van der Waals surface area contributed by atoms with Gasteiger partial charge in [0.15, 0.2) is 0 Å². The Labute approximate surface area is 121 Å². The topological polar surface area (TPSA) is 135 Å². The third-order valence-electron chi connectivity index (χ3n) is 2.85. The molecule has 1 aromatic heterocycles. The van der Waals surface area contributed by atoms with Crippen LogP contribution in [0.4, 0.5) is 11.9 Å². The molecule has 0 radical (unpaired) electrons. The zero-order valence-corrected chi connectivity index (χ0v) is 11.8. The first-order valence-corrected chi connectivity index (χ1v) is 6.51. The largest absolute Gasteiger partial charge is 0.463 e. The molecular formula is C11H17N7O3. The van der Waals surface area contributed by atoms with Crippen molar-refractivity contribution >= 4 is 23.7 Å². The molecule has 10 nitrogen and oxygen atoms in total. The Morgan fingerprint density at radius 1 is 1.43 bits per heavy atom. The monoisotopic (exact) mass is 295 g/mol. The van der Waals surface area contributed by atoms with Crippen LogP contribution in [0.5, 0.6) is 6.01 Å². The molecule has 1 saturated heterocycles. The number of imide groups is 1. The molecule has 4 N–H and O–H groups in total. The summed E-state index contributed by atoms with van der Waals surface area (Å²) in [5, 5.41) is 2.24. The van der Waals surface area contributed by atoms with Crippen LogP contribution >= 0.6 is 0 Å². The van der Waals surface area contributed by atoms with E-state index in [2.05, 4.69) is 25.7 Å². The number of hydrazine groups is 1. The Morgan fingerprint density at radius 2 is 2.19 bits per heavy atom. The number of anilines is 2. The Hall–Kier alpha value is -2.49. The molecule has 1 aromatic rings. The molecule has 1 aliphatic heterocycles. The Bertz CT molecular complexity index is 551. The number of nitrogens with zero attached hydrogens (tertiary/aromatic N) is 4. The minimum Gasteiger partial charge on any atom is -0.463 e. The predicted octanol–water partition coefficient (Wildman–Crippen LogP) is -1.20. The Morgan fingerprint density at radius 3 is 2.86 bits per heavy atom. The summed E-state index contributed by atoms with van der Waals surface area (Å²) >= 11 is 0. The number of hydrogen-bond donors (Lipinski definition) is 3. The number of rotatable bonds is 5. The second-order valence-electron chi connectivity index (χ2n) is 4.45. The SMILES string of the molecule is CCCOc1nc(NN)nc(N2CC(=O)NC(=O)C2C)n1. The highest BCUT2D eigenvalue weighted by Crippen LogP contribution is 2.18. The van der Waals surface area contributed by atoms with E-state index in [1.165, 1.54) is 4.90 Å². The summed E-state index contributed by atoms with van der Waals surface area (Å²) in [7, 11) is 0. The smallest absolute Gasteiger partial charge is 0.323 e. The summed E-state index contributed by atoms with van der Waals surface area (Å²) in [5.74, 6) is 4.73. The van der Waals surface area contributed by atoms with E-state index < -0.39 is 17.9 Å². The van der Waals surface area contributed by atoms with Crippen molar-refractivity contribution in [1.29, 1.82) is 0 Å². The summed E-state index contributed by atoms with van der Waals surface area (Å²) < 4.78 is 5.35. The molecule has 10 heteroatoms. The second-order valence-corrected chi connectivity index (χ2v) is 4.45. The van der Waals surface area contributed by atoms with Crippen LogP contribution in [0, 0.1) is 0 Å². The predicted molar refractivity (Wildman–Crippen MR) is 73.4 cm³/mol. The number of nitrogens with two attached hydrogens (primary N) is 1. The number of hydrogen-bond acceptors (Lipinski definition) is 9. The zero-order valence-electron chi connectivity index (χ0n) is 11.8. The van der Waals surface area contributed by atoms with Gasteiger partial charge in [0.2, 0.25) is 23.7 Å². The fraction of sp³-hybridized carbons (Fsp3) is 0.545. The minimum absolute atomic E-state index is 0.0336. The number of aromatic nitrogens is 3. The van der Waals surface area contributed by atoms with Gasteiger partial charge >= 0.3 is 6.01 Å². The van der Waals surface area contributed by atoms with Gasteiger partial charge in [-0.25, -0.2) is 5.84 Å². The first-order chi connectivity index (χ1) is 10.0. The molecule has 1 aliphatic rings. The summed E-state index contributed by atoms with van der Waals surface area (Å²) in [4.78, 5) is 36.8. The molecule has 2 rings (SSSR count). The van der Waals surface area contributed by atoms with Crippen molar-refractivity contribution in [3.05, 3.63) is 0 Å². The van der Waals surface area contributed by atoms with Gasteiger partial charge in [-0.15, -0.1) is 0 Å². The average molecular weight is 295 g/mol. The van der Waals surface area contributed by atoms with Gasteiger partial charge in [0.05, 0.1) is 6.61 Å². The van der Waals surface area contributed by atoms with Crippen LogP contribution in [0.3, 0.4) is 0 Å². The lowest BCUT2D eigenvalue weighted by atomic mass is 10.2. The van der Waals surface area contributed by atoms with Crippen LogP contribution in [-0.2, 0) is 9.59 Å². The van der Waals surface area contributed by atoms with Crippen LogP contribution in [-0.4, -0.2) is 46.0 Å². The second kappa shape index (κ2) is 6.31. The van der Waals surface area contributed by atoms with Gasteiger partial charge in [-0.2, -0.15) is 15.0 Å². The van der Waals surface area contributed by atoms with E-state index in [9.17, 15) is 9.59 Å².